The van der Waals surface area contributed by atoms with Crippen LogP contribution >= 0.6 is 27.3 Å². The van der Waals surface area contributed by atoms with Crippen LogP contribution in [-0.4, -0.2) is 58.3 Å². The van der Waals surface area contributed by atoms with Gasteiger partial charge in [0.2, 0.25) is 17.7 Å². The van der Waals surface area contributed by atoms with Crippen molar-refractivity contribution in [3.63, 3.8) is 0 Å². The maximum absolute atomic E-state index is 12.9. The number of halogens is 1. The molecule has 1 unspecified atom stereocenters. The van der Waals surface area contributed by atoms with Crippen molar-refractivity contribution in [2.75, 3.05) is 19.0 Å². The molecule has 2 atom stereocenters. The van der Waals surface area contributed by atoms with E-state index in [1.54, 1.807) is 12.5 Å². The molecule has 286 valence electrons. The Hall–Kier alpha value is -4.56. The van der Waals surface area contributed by atoms with E-state index in [1.165, 1.54) is 16.2 Å². The Morgan fingerprint density at radius 1 is 1.06 bits per heavy atom. The average molecular weight is 820 g/mol. The Bertz CT molecular complexity index is 2020. The summed E-state index contributed by atoms with van der Waals surface area (Å²) < 4.78 is 12.9. The average Bonchev–Trinajstić information content (AvgIpc) is 3.70. The van der Waals surface area contributed by atoms with E-state index in [0.29, 0.717) is 55.4 Å². The molecule has 0 bridgehead atoms. The van der Waals surface area contributed by atoms with E-state index in [0.717, 1.165) is 82.1 Å². The Morgan fingerprint density at radius 3 is 2.59 bits per heavy atom. The molecule has 12 nitrogen and oxygen atoms in total. The molecular formula is C40H47BrN6O6S. The molecule has 0 saturated carbocycles. The van der Waals surface area contributed by atoms with Crippen molar-refractivity contribution in [3.05, 3.63) is 73.6 Å². The number of carbonyl (C=O) groups excluding carboxylic acids is 4. The predicted molar refractivity (Wildman–Crippen MR) is 212 cm³/mol. The number of carbonyl (C=O) groups is 4. The van der Waals surface area contributed by atoms with Crippen LogP contribution in [0.2, 0.25) is 0 Å². The molecule has 54 heavy (non-hydrogen) atoms. The molecule has 4 amide bonds. The summed E-state index contributed by atoms with van der Waals surface area (Å²) in [6.07, 6.45) is 8.06. The molecule has 4 aromatic rings. The Balaban J connectivity index is 0.865. The zero-order chi connectivity index (χ0) is 38.2. The van der Waals surface area contributed by atoms with Gasteiger partial charge in [0, 0.05) is 45.6 Å². The summed E-state index contributed by atoms with van der Waals surface area (Å²) in [4.78, 5) is 61.2. The van der Waals surface area contributed by atoms with Gasteiger partial charge in [-0.3, -0.25) is 24.5 Å². The number of fused-ring (bicyclic) bond motifs is 2. The van der Waals surface area contributed by atoms with E-state index in [9.17, 15) is 19.2 Å². The minimum atomic E-state index is -0.640. The van der Waals surface area contributed by atoms with Crippen LogP contribution in [0.5, 0.6) is 11.5 Å². The summed E-state index contributed by atoms with van der Waals surface area (Å²) in [5.74, 6) is 1.80. The van der Waals surface area contributed by atoms with E-state index < -0.39 is 11.9 Å². The summed E-state index contributed by atoms with van der Waals surface area (Å²) >= 11 is 5.01. The number of thiophene rings is 1. The number of benzene rings is 2. The number of rotatable bonds is 18. The van der Waals surface area contributed by atoms with Gasteiger partial charge >= 0.3 is 0 Å². The number of hydrogen-bond donors (Lipinski definition) is 3. The predicted octanol–water partition coefficient (Wildman–Crippen LogP) is 7.52. The van der Waals surface area contributed by atoms with Gasteiger partial charge in [-0.05, 0) is 62.4 Å². The van der Waals surface area contributed by atoms with Gasteiger partial charge in [0.05, 0.1) is 37.4 Å². The maximum Gasteiger partial charge on any atom is 0.256 e. The second-order valence-corrected chi connectivity index (χ2v) is 15.7. The molecule has 0 radical (unpaired) electrons. The highest BCUT2D eigenvalue weighted by Gasteiger charge is 2.40. The van der Waals surface area contributed by atoms with Crippen LogP contribution in [0.4, 0.5) is 5.82 Å². The molecule has 0 spiro atoms. The third kappa shape index (κ3) is 9.56. The molecule has 6 rings (SSSR count). The summed E-state index contributed by atoms with van der Waals surface area (Å²) in [6.45, 7) is 5.25. The number of aryl methyl sites for hydroxylation is 1. The first-order valence-corrected chi connectivity index (χ1v) is 20.3. The normalized spacial score (nSPS) is 16.0. The standard InChI is InChI=1S/C40H47BrN6O6S/c1-24(26-12-11-13-27(41)18-26)43-38-28-19-33(52-3)34(20-31(28)44-25(2)45-38)53-17-10-8-6-4-5-7-9-14-36(48)42-21-35-29-22-47(40(51)30(29)23-54-35)32-15-16-37(49)46-39(32)50/h11-13,18-20,23-24,32H,4-10,14-17,21-22H2,1-3H3,(H,42,48)(H,43,44,45)(H,46,49,50)/t24-,32?/m1/s1. The van der Waals surface area contributed by atoms with Gasteiger partial charge in [0.15, 0.2) is 11.5 Å². The molecule has 2 aliphatic heterocycles. The van der Waals surface area contributed by atoms with Crippen LogP contribution < -0.4 is 25.4 Å². The number of nitrogens with one attached hydrogen (secondary N) is 3. The largest absolute Gasteiger partial charge is 0.493 e. The van der Waals surface area contributed by atoms with Crippen molar-refractivity contribution < 1.29 is 28.7 Å². The summed E-state index contributed by atoms with van der Waals surface area (Å²) in [5, 5.41) is 11.5. The fourth-order valence-corrected chi connectivity index (χ4v) is 8.36. The molecule has 14 heteroatoms. The van der Waals surface area contributed by atoms with E-state index in [2.05, 4.69) is 55.9 Å². The number of imide groups is 1. The molecule has 0 aliphatic carbocycles. The first kappa shape index (κ1) is 39.1. The van der Waals surface area contributed by atoms with Crippen LogP contribution in [0, 0.1) is 6.92 Å². The van der Waals surface area contributed by atoms with Crippen molar-refractivity contribution in [1.29, 1.82) is 0 Å². The lowest BCUT2D eigenvalue weighted by Crippen LogP contribution is -2.52. The van der Waals surface area contributed by atoms with E-state index in [4.69, 9.17) is 14.5 Å². The van der Waals surface area contributed by atoms with Gasteiger partial charge < -0.3 is 25.0 Å². The van der Waals surface area contributed by atoms with Crippen LogP contribution in [0.3, 0.4) is 0 Å². The molecule has 4 heterocycles. The van der Waals surface area contributed by atoms with Crippen molar-refractivity contribution >= 4 is 67.6 Å². The van der Waals surface area contributed by atoms with Crippen LogP contribution in [0.1, 0.15) is 109 Å². The summed E-state index contributed by atoms with van der Waals surface area (Å²) in [6, 6.07) is 11.5. The molecule has 1 saturated heterocycles. The second kappa shape index (κ2) is 18.2. The highest BCUT2D eigenvalue weighted by molar-refractivity contribution is 9.10. The second-order valence-electron chi connectivity index (χ2n) is 13.9. The minimum Gasteiger partial charge on any atom is -0.493 e. The quantitative estimate of drug-likeness (QED) is 0.0684. The van der Waals surface area contributed by atoms with Crippen molar-refractivity contribution in [1.82, 2.24) is 25.5 Å². The van der Waals surface area contributed by atoms with Crippen molar-refractivity contribution in [3.8, 4) is 11.5 Å². The van der Waals surface area contributed by atoms with Gasteiger partial charge in [-0.25, -0.2) is 9.97 Å². The number of methoxy groups -OCH3 is 1. The molecule has 2 aromatic heterocycles. The number of nitrogens with zero attached hydrogens (tertiary/aromatic N) is 3. The van der Waals surface area contributed by atoms with Gasteiger partial charge in [-0.2, -0.15) is 0 Å². The third-order valence-corrected chi connectivity index (χ3v) is 11.5. The first-order valence-electron chi connectivity index (χ1n) is 18.6. The Kier molecular flexibility index (Phi) is 13.2. The maximum atomic E-state index is 12.9. The summed E-state index contributed by atoms with van der Waals surface area (Å²) in [7, 11) is 1.64. The fourth-order valence-electron chi connectivity index (χ4n) is 6.97. The lowest BCUT2D eigenvalue weighted by Gasteiger charge is -2.29. The Labute approximate surface area is 327 Å². The smallest absolute Gasteiger partial charge is 0.256 e. The molecule has 2 aliphatic rings. The van der Waals surface area contributed by atoms with E-state index in [1.807, 2.05) is 31.2 Å². The zero-order valence-corrected chi connectivity index (χ0v) is 33.4. The van der Waals surface area contributed by atoms with Crippen LogP contribution in [0.15, 0.2) is 46.3 Å². The topological polar surface area (TPSA) is 152 Å². The fraction of sp³-hybridized carbons (Fsp3) is 0.450. The van der Waals surface area contributed by atoms with Gasteiger partial charge in [0.1, 0.15) is 17.7 Å². The number of amides is 4. The van der Waals surface area contributed by atoms with Gasteiger partial charge in [0.25, 0.3) is 5.91 Å². The van der Waals surface area contributed by atoms with Crippen molar-refractivity contribution in [2.24, 2.45) is 0 Å². The van der Waals surface area contributed by atoms with Gasteiger partial charge in [-0.15, -0.1) is 11.3 Å². The SMILES string of the molecule is COc1cc2c(N[C@H](C)c3cccc(Br)c3)nc(C)nc2cc1OCCCCCCCCCC(=O)NCc1scc2c1CN(C1CCC(=O)NC1=O)C2=O. The molecule has 1 fully saturated rings. The highest BCUT2D eigenvalue weighted by Crippen LogP contribution is 2.36. The number of anilines is 1. The zero-order valence-electron chi connectivity index (χ0n) is 31.0. The highest BCUT2D eigenvalue weighted by atomic mass is 79.9. The Morgan fingerprint density at radius 2 is 1.83 bits per heavy atom. The number of aromatic nitrogens is 2. The van der Waals surface area contributed by atoms with Gasteiger partial charge in [-0.1, -0.05) is 60.2 Å². The molecular weight excluding hydrogens is 772 g/mol. The van der Waals surface area contributed by atoms with E-state index >= 15 is 0 Å². The first-order chi connectivity index (χ1) is 26.1. The number of unbranched alkanes of at least 4 members (excludes halogenated alkanes) is 6. The molecule has 2 aromatic carbocycles. The lowest BCUT2D eigenvalue weighted by atomic mass is 10.0. The number of piperidine rings is 1. The van der Waals surface area contributed by atoms with Crippen molar-refractivity contribution in [2.45, 2.75) is 103 Å². The third-order valence-electron chi connectivity index (χ3n) is 9.93. The van der Waals surface area contributed by atoms with E-state index in [-0.39, 0.29) is 30.2 Å². The minimum absolute atomic E-state index is 0.00554. The van der Waals surface area contributed by atoms with Crippen LogP contribution in [-0.2, 0) is 27.5 Å². The lowest BCUT2D eigenvalue weighted by molar-refractivity contribution is -0.137. The monoisotopic (exact) mass is 818 g/mol. The number of ether oxygens (including phenoxy) is 2. The number of hydrogen-bond acceptors (Lipinski definition) is 10. The summed E-state index contributed by atoms with van der Waals surface area (Å²) in [5.41, 5.74) is 3.39. The molecule has 3 N–H and O–H groups in total. The van der Waals surface area contributed by atoms with Crippen LogP contribution in [0.25, 0.3) is 10.9 Å².